The smallest absolute Gasteiger partial charge is 0.326 e. The monoisotopic (exact) mass is 396 g/mol. The summed E-state index contributed by atoms with van der Waals surface area (Å²) in [4.78, 5) is 29.0. The summed E-state index contributed by atoms with van der Waals surface area (Å²) in [5.74, 6) is -0.745. The molecule has 0 radical (unpaired) electrons. The number of benzene rings is 1. The van der Waals surface area contributed by atoms with E-state index in [2.05, 4.69) is 4.98 Å². The highest BCUT2D eigenvalue weighted by Gasteiger charge is 2.22. The number of hydrogen-bond acceptors (Lipinski definition) is 5. The minimum absolute atomic E-state index is 0.105. The van der Waals surface area contributed by atoms with Crippen LogP contribution in [0.5, 0.6) is 0 Å². The molecule has 0 saturated heterocycles. The minimum Gasteiger partial charge on any atom is -0.480 e. The number of hydrogen-bond donors (Lipinski definition) is 1. The van der Waals surface area contributed by atoms with Gasteiger partial charge >= 0.3 is 5.97 Å². The highest BCUT2D eigenvalue weighted by Crippen LogP contribution is 2.22. The number of fused-ring (bicyclic) bond motifs is 1. The molecule has 0 aliphatic heterocycles. The summed E-state index contributed by atoms with van der Waals surface area (Å²) in [5, 5.41) is 8.99. The second kappa shape index (κ2) is 7.65. The predicted octanol–water partition coefficient (Wildman–Crippen LogP) is 0.688. The Hall–Kier alpha value is -2.46. The number of aromatic nitrogens is 2. The summed E-state index contributed by atoms with van der Waals surface area (Å²) in [6.07, 6.45) is 0.421. The maximum absolute atomic E-state index is 12.3. The van der Waals surface area contributed by atoms with E-state index in [1.54, 1.807) is 17.7 Å². The molecule has 2 rings (SSSR count). The molecule has 9 nitrogen and oxygen atoms in total. The molecule has 148 valence electrons. The Labute approximate surface area is 158 Å². The van der Waals surface area contributed by atoms with Gasteiger partial charge < -0.3 is 14.6 Å². The van der Waals surface area contributed by atoms with Crippen LogP contribution in [0, 0.1) is 0 Å². The first-order chi connectivity index (χ1) is 12.5. The Balaban J connectivity index is 2.24. The molecule has 0 bridgehead atoms. The highest BCUT2D eigenvalue weighted by atomic mass is 32.2. The van der Waals surface area contributed by atoms with Crippen LogP contribution >= 0.6 is 0 Å². The topological polar surface area (TPSA) is 113 Å². The fourth-order valence-corrected chi connectivity index (χ4v) is 3.52. The van der Waals surface area contributed by atoms with Gasteiger partial charge in [-0.3, -0.25) is 4.79 Å². The molecule has 27 heavy (non-hydrogen) atoms. The molecule has 0 spiro atoms. The molecule has 0 aliphatic rings. The van der Waals surface area contributed by atoms with E-state index < -0.39 is 22.0 Å². The quantitative estimate of drug-likeness (QED) is 0.737. The van der Waals surface area contributed by atoms with Crippen molar-refractivity contribution in [2.24, 2.45) is 7.05 Å². The first kappa shape index (κ1) is 20.8. The van der Waals surface area contributed by atoms with Gasteiger partial charge in [0.15, 0.2) is 0 Å². The van der Waals surface area contributed by atoms with Gasteiger partial charge in [-0.2, -0.15) is 0 Å². The Bertz CT molecular complexity index is 981. The Morgan fingerprint density at radius 3 is 2.44 bits per heavy atom. The van der Waals surface area contributed by atoms with Crippen molar-refractivity contribution in [3.8, 4) is 0 Å². The third-order valence-corrected chi connectivity index (χ3v) is 6.43. The molecule has 0 saturated carbocycles. The van der Waals surface area contributed by atoms with Gasteiger partial charge in [0.05, 0.1) is 15.9 Å². The lowest BCUT2D eigenvalue weighted by Gasteiger charge is -2.21. The summed E-state index contributed by atoms with van der Waals surface area (Å²) >= 11 is 0. The Morgan fingerprint density at radius 1 is 1.26 bits per heavy atom. The second-order valence-corrected chi connectivity index (χ2v) is 8.70. The minimum atomic E-state index is -3.56. The number of imidazole rings is 1. The number of likely N-dealkylation sites (N-methyl/N-ethyl adjacent to an activating group) is 1. The van der Waals surface area contributed by atoms with Crippen LogP contribution in [0.2, 0.25) is 0 Å². The van der Waals surface area contributed by atoms with E-state index in [0.717, 1.165) is 9.82 Å². The zero-order valence-corrected chi connectivity index (χ0v) is 16.8. The number of aliphatic carboxylic acids is 1. The van der Waals surface area contributed by atoms with E-state index in [1.165, 1.54) is 45.1 Å². The van der Waals surface area contributed by atoms with E-state index in [9.17, 15) is 18.0 Å². The lowest BCUT2D eigenvalue weighted by atomic mass is 10.2. The van der Waals surface area contributed by atoms with Crippen molar-refractivity contribution >= 4 is 32.9 Å². The van der Waals surface area contributed by atoms with Crippen LogP contribution in [0.1, 0.15) is 19.2 Å². The fraction of sp³-hybridized carbons (Fsp3) is 0.471. The van der Waals surface area contributed by atoms with Gasteiger partial charge in [0, 0.05) is 41.0 Å². The molecule has 10 heteroatoms. The van der Waals surface area contributed by atoms with Crippen molar-refractivity contribution in [2.75, 3.05) is 21.1 Å². The zero-order chi connectivity index (χ0) is 20.5. The van der Waals surface area contributed by atoms with Crippen molar-refractivity contribution in [2.45, 2.75) is 30.7 Å². The SMILES string of the molecule is CC(C(=O)O)N(C)C(=O)CCc1nc2cc(S(=O)(=O)N(C)C)ccc2n1C. The van der Waals surface area contributed by atoms with Crippen molar-refractivity contribution in [1.82, 2.24) is 18.8 Å². The van der Waals surface area contributed by atoms with Crippen LogP contribution in [0.4, 0.5) is 0 Å². The average Bonchev–Trinajstić information content (AvgIpc) is 2.93. The summed E-state index contributed by atoms with van der Waals surface area (Å²) in [7, 11) is 2.61. The molecular weight excluding hydrogens is 372 g/mol. The van der Waals surface area contributed by atoms with Crippen molar-refractivity contribution < 1.29 is 23.1 Å². The van der Waals surface area contributed by atoms with Gasteiger partial charge in [0.1, 0.15) is 11.9 Å². The maximum Gasteiger partial charge on any atom is 0.326 e. The third kappa shape index (κ3) is 4.11. The molecule has 1 aromatic carbocycles. The van der Waals surface area contributed by atoms with Crippen LogP contribution < -0.4 is 0 Å². The number of carbonyl (C=O) groups excluding carboxylic acids is 1. The molecule has 1 atom stereocenters. The largest absolute Gasteiger partial charge is 0.480 e. The summed E-state index contributed by atoms with van der Waals surface area (Å²) in [6.45, 7) is 1.45. The second-order valence-electron chi connectivity index (χ2n) is 6.54. The number of amides is 1. The normalized spacial score (nSPS) is 13.1. The summed E-state index contributed by atoms with van der Waals surface area (Å²) in [6, 6.07) is 3.81. The highest BCUT2D eigenvalue weighted by molar-refractivity contribution is 7.89. The summed E-state index contributed by atoms with van der Waals surface area (Å²) in [5.41, 5.74) is 1.28. The van der Waals surface area contributed by atoms with Gasteiger partial charge in [-0.1, -0.05) is 0 Å². The molecule has 1 N–H and O–H groups in total. The third-order valence-electron chi connectivity index (χ3n) is 4.62. The van der Waals surface area contributed by atoms with E-state index in [0.29, 0.717) is 17.8 Å². The standard InChI is InChI=1S/C17H24N4O5S/c1-11(17(23)24)20(4)16(22)9-8-15-18-13-10-12(27(25,26)19(2)3)6-7-14(13)21(15)5/h6-7,10-11H,8-9H2,1-5H3,(H,23,24). The molecular formula is C17H24N4O5S. The number of aryl methyl sites for hydroxylation is 2. The van der Waals surface area contributed by atoms with E-state index in [1.807, 2.05) is 0 Å². The Kier molecular flexibility index (Phi) is 5.91. The van der Waals surface area contributed by atoms with Gasteiger partial charge in [0.2, 0.25) is 15.9 Å². The van der Waals surface area contributed by atoms with E-state index in [-0.39, 0.29) is 17.2 Å². The molecule has 1 unspecified atom stereocenters. The van der Waals surface area contributed by atoms with Crippen molar-refractivity contribution in [3.63, 3.8) is 0 Å². The fourth-order valence-electron chi connectivity index (χ4n) is 2.60. The molecule has 1 heterocycles. The molecule has 0 aliphatic carbocycles. The van der Waals surface area contributed by atoms with Crippen LogP contribution in [-0.4, -0.2) is 71.3 Å². The number of sulfonamides is 1. The Morgan fingerprint density at radius 2 is 1.89 bits per heavy atom. The summed E-state index contributed by atoms with van der Waals surface area (Å²) < 4.78 is 27.5. The first-order valence-corrected chi connectivity index (χ1v) is 9.77. The van der Waals surface area contributed by atoms with Gasteiger partial charge in [0.25, 0.3) is 0 Å². The number of nitrogens with zero attached hydrogens (tertiary/aromatic N) is 4. The van der Waals surface area contributed by atoms with Crippen molar-refractivity contribution in [3.05, 3.63) is 24.0 Å². The number of carbonyl (C=O) groups is 2. The first-order valence-electron chi connectivity index (χ1n) is 8.33. The predicted molar refractivity (Wildman–Crippen MR) is 99.8 cm³/mol. The van der Waals surface area contributed by atoms with E-state index in [4.69, 9.17) is 5.11 Å². The van der Waals surface area contributed by atoms with E-state index >= 15 is 0 Å². The maximum atomic E-state index is 12.3. The van der Waals surface area contributed by atoms with Crippen LogP contribution in [0.15, 0.2) is 23.1 Å². The lowest BCUT2D eigenvalue weighted by molar-refractivity contribution is -0.148. The van der Waals surface area contributed by atoms with Crippen LogP contribution in [-0.2, 0) is 33.1 Å². The number of carboxylic acid groups (broad SMARTS) is 1. The molecule has 1 aromatic heterocycles. The van der Waals surface area contributed by atoms with Crippen molar-refractivity contribution in [1.29, 1.82) is 0 Å². The van der Waals surface area contributed by atoms with Crippen LogP contribution in [0.3, 0.4) is 0 Å². The van der Waals surface area contributed by atoms with Gasteiger partial charge in [-0.25, -0.2) is 22.5 Å². The lowest BCUT2D eigenvalue weighted by Crippen LogP contribution is -2.40. The number of rotatable bonds is 7. The molecule has 2 aromatic rings. The van der Waals surface area contributed by atoms with Gasteiger partial charge in [-0.15, -0.1) is 0 Å². The molecule has 0 fully saturated rings. The number of carboxylic acids is 1. The average molecular weight is 396 g/mol. The van der Waals surface area contributed by atoms with Crippen LogP contribution in [0.25, 0.3) is 11.0 Å². The van der Waals surface area contributed by atoms with Gasteiger partial charge in [-0.05, 0) is 25.1 Å². The molecule has 1 amide bonds. The zero-order valence-electron chi connectivity index (χ0n) is 16.0.